The number of esters is 1. The number of hydrogen-bond donors (Lipinski definition) is 1. The number of benzene rings is 2. The van der Waals surface area contributed by atoms with E-state index >= 15 is 0 Å². The molecule has 1 N–H and O–H groups in total. The van der Waals surface area contributed by atoms with Gasteiger partial charge in [0.2, 0.25) is 0 Å². The van der Waals surface area contributed by atoms with E-state index in [1.165, 1.54) is 5.56 Å². The molecular weight excluding hydrogens is 436 g/mol. The van der Waals surface area contributed by atoms with Crippen LogP contribution in [-0.4, -0.2) is 24.3 Å². The van der Waals surface area contributed by atoms with E-state index in [-0.39, 0.29) is 31.0 Å². The Hall–Kier alpha value is -2.59. The molecule has 0 aliphatic heterocycles. The third kappa shape index (κ3) is 7.20. The fourth-order valence-corrected chi connectivity index (χ4v) is 4.73. The molecule has 0 aliphatic carbocycles. The van der Waals surface area contributed by atoms with Crippen LogP contribution in [0.2, 0.25) is 0 Å². The second kappa shape index (κ2) is 12.4. The van der Waals surface area contributed by atoms with Gasteiger partial charge in [-0.1, -0.05) is 76.6 Å². The van der Waals surface area contributed by atoms with Gasteiger partial charge >= 0.3 is 5.97 Å². The average Bonchev–Trinajstić information content (AvgIpc) is 3.27. The Morgan fingerprint density at radius 1 is 1.03 bits per heavy atom. The second-order valence-electron chi connectivity index (χ2n) is 10.9. The Morgan fingerprint density at radius 2 is 1.77 bits per heavy atom. The third-order valence-electron chi connectivity index (χ3n) is 7.25. The normalized spacial score (nSPS) is 14.4. The lowest BCUT2D eigenvalue weighted by Gasteiger charge is -2.33. The molecule has 2 unspecified atom stereocenters. The van der Waals surface area contributed by atoms with Crippen molar-refractivity contribution < 1.29 is 19.1 Å². The summed E-state index contributed by atoms with van der Waals surface area (Å²) in [7, 11) is 0. The highest BCUT2D eigenvalue weighted by Crippen LogP contribution is 2.36. The van der Waals surface area contributed by atoms with Gasteiger partial charge in [0.05, 0.1) is 12.0 Å². The number of rotatable bonds is 13. The number of aliphatic hydroxyl groups excluding tert-OH is 1. The van der Waals surface area contributed by atoms with Crippen LogP contribution in [0, 0.1) is 23.2 Å². The maximum Gasteiger partial charge on any atom is 0.312 e. The lowest BCUT2D eigenvalue weighted by atomic mass is 9.73. The first-order valence-electron chi connectivity index (χ1n) is 13.1. The van der Waals surface area contributed by atoms with Crippen LogP contribution >= 0.6 is 0 Å². The van der Waals surface area contributed by atoms with Crippen LogP contribution in [0.5, 0.6) is 0 Å². The Morgan fingerprint density at radius 3 is 2.43 bits per heavy atom. The summed E-state index contributed by atoms with van der Waals surface area (Å²) in [6, 6.07) is 18.7. The van der Waals surface area contributed by atoms with Crippen molar-refractivity contribution in [2.45, 2.75) is 66.7 Å². The lowest BCUT2D eigenvalue weighted by molar-refractivity contribution is -0.161. The van der Waals surface area contributed by atoms with E-state index in [1.54, 1.807) is 0 Å². The van der Waals surface area contributed by atoms with E-state index < -0.39 is 5.41 Å². The summed E-state index contributed by atoms with van der Waals surface area (Å²) < 4.78 is 11.8. The summed E-state index contributed by atoms with van der Waals surface area (Å²) in [5, 5.41) is 10.9. The topological polar surface area (TPSA) is 59.7 Å². The minimum absolute atomic E-state index is 0.0182. The van der Waals surface area contributed by atoms with Crippen molar-refractivity contribution in [2.24, 2.45) is 23.2 Å². The highest BCUT2D eigenvalue weighted by Gasteiger charge is 2.38. The minimum Gasteiger partial charge on any atom is -0.465 e. The summed E-state index contributed by atoms with van der Waals surface area (Å²) in [6.07, 6.45) is 4.59. The van der Waals surface area contributed by atoms with E-state index in [4.69, 9.17) is 9.15 Å². The number of hydrogen-bond acceptors (Lipinski definition) is 4. The maximum absolute atomic E-state index is 12.9. The molecule has 190 valence electrons. The Balaban J connectivity index is 1.48. The second-order valence-corrected chi connectivity index (χ2v) is 10.9. The van der Waals surface area contributed by atoms with Crippen LogP contribution in [0.25, 0.3) is 22.3 Å². The molecular formula is C31H42O4. The van der Waals surface area contributed by atoms with Gasteiger partial charge in [0.15, 0.2) is 0 Å². The summed E-state index contributed by atoms with van der Waals surface area (Å²) in [6.45, 7) is 10.8. The van der Waals surface area contributed by atoms with Crippen molar-refractivity contribution in [1.82, 2.24) is 0 Å². The van der Waals surface area contributed by atoms with Gasteiger partial charge in [0.25, 0.3) is 0 Å². The quantitative estimate of drug-likeness (QED) is 0.202. The molecule has 1 heterocycles. The van der Waals surface area contributed by atoms with Gasteiger partial charge in [-0.15, -0.1) is 0 Å². The summed E-state index contributed by atoms with van der Waals surface area (Å²) in [5.41, 5.74) is 2.76. The molecule has 0 radical (unpaired) electrons. The van der Waals surface area contributed by atoms with E-state index in [9.17, 15) is 9.90 Å². The van der Waals surface area contributed by atoms with Gasteiger partial charge < -0.3 is 14.3 Å². The summed E-state index contributed by atoms with van der Waals surface area (Å²) in [4.78, 5) is 12.9. The lowest BCUT2D eigenvalue weighted by Crippen LogP contribution is -2.37. The van der Waals surface area contributed by atoms with E-state index in [1.807, 2.05) is 25.1 Å². The van der Waals surface area contributed by atoms with Crippen LogP contribution in [-0.2, 0) is 16.0 Å². The Bertz CT molecular complexity index is 1070. The Kier molecular flexibility index (Phi) is 9.56. The molecule has 0 bridgehead atoms. The summed E-state index contributed by atoms with van der Waals surface area (Å²) >= 11 is 0. The average molecular weight is 479 g/mol. The van der Waals surface area contributed by atoms with E-state index in [0.717, 1.165) is 54.4 Å². The summed E-state index contributed by atoms with van der Waals surface area (Å²) in [5.74, 6) is 1.37. The first kappa shape index (κ1) is 27.0. The predicted molar refractivity (Wildman–Crippen MR) is 143 cm³/mol. The number of aryl methyl sites for hydroxylation is 1. The molecule has 0 spiro atoms. The van der Waals surface area contributed by atoms with E-state index in [2.05, 4.69) is 64.1 Å². The van der Waals surface area contributed by atoms with Crippen molar-refractivity contribution in [2.75, 3.05) is 13.2 Å². The molecule has 3 aromatic rings. The monoisotopic (exact) mass is 478 g/mol. The number of fused-ring (bicyclic) bond motifs is 1. The number of aliphatic hydroxyl groups is 1. The van der Waals surface area contributed by atoms with Gasteiger partial charge in [0, 0.05) is 23.5 Å². The molecule has 35 heavy (non-hydrogen) atoms. The standard InChI is InChI=1S/C31H42O4/c1-22(2)19-31(5,23(3)4)30(33)34-21-25(20-32)12-10-9-11-24-15-16-27-18-29(35-28(27)17-24)26-13-7-6-8-14-26/h6-8,13-18,22-23,25,32H,9-12,19-21H2,1-5H3. The van der Waals surface area contributed by atoms with Crippen LogP contribution in [0.3, 0.4) is 0 Å². The zero-order valence-corrected chi connectivity index (χ0v) is 22.0. The molecule has 4 nitrogen and oxygen atoms in total. The van der Waals surface area contributed by atoms with Gasteiger partial charge in [-0.25, -0.2) is 0 Å². The van der Waals surface area contributed by atoms with Gasteiger partial charge in [-0.05, 0) is 62.1 Å². The fraction of sp³-hybridized carbons (Fsp3) is 0.516. The predicted octanol–water partition coefficient (Wildman–Crippen LogP) is 7.67. The zero-order valence-electron chi connectivity index (χ0n) is 22.0. The number of carbonyl (C=O) groups excluding carboxylic acids is 1. The molecule has 0 aliphatic rings. The molecule has 0 saturated carbocycles. The van der Waals surface area contributed by atoms with Gasteiger partial charge in [0.1, 0.15) is 11.3 Å². The van der Waals surface area contributed by atoms with Crippen molar-refractivity contribution in [3.8, 4) is 11.3 Å². The van der Waals surface area contributed by atoms with Crippen LogP contribution in [0.15, 0.2) is 59.0 Å². The number of unbranched alkanes of at least 4 members (excludes halogenated alkanes) is 1. The molecule has 2 atom stereocenters. The fourth-order valence-electron chi connectivity index (χ4n) is 4.73. The molecule has 0 saturated heterocycles. The largest absolute Gasteiger partial charge is 0.465 e. The minimum atomic E-state index is -0.487. The zero-order chi connectivity index (χ0) is 25.4. The van der Waals surface area contributed by atoms with Gasteiger partial charge in [-0.3, -0.25) is 4.79 Å². The maximum atomic E-state index is 12.9. The SMILES string of the molecule is CC(C)CC(C)(C(=O)OCC(CO)CCCCc1ccc2cc(-c3ccccc3)oc2c1)C(C)C. The van der Waals surface area contributed by atoms with Crippen molar-refractivity contribution >= 4 is 16.9 Å². The molecule has 2 aromatic carbocycles. The first-order chi connectivity index (χ1) is 16.7. The Labute approximate surface area is 210 Å². The highest BCUT2D eigenvalue weighted by atomic mass is 16.5. The van der Waals surface area contributed by atoms with E-state index in [0.29, 0.717) is 5.92 Å². The molecule has 3 rings (SSSR count). The van der Waals surface area contributed by atoms with Crippen LogP contribution in [0.1, 0.15) is 65.9 Å². The van der Waals surface area contributed by atoms with Crippen molar-refractivity contribution in [3.63, 3.8) is 0 Å². The van der Waals surface area contributed by atoms with Gasteiger partial charge in [-0.2, -0.15) is 0 Å². The first-order valence-corrected chi connectivity index (χ1v) is 13.1. The third-order valence-corrected chi connectivity index (χ3v) is 7.25. The number of furan rings is 1. The highest BCUT2D eigenvalue weighted by molar-refractivity contribution is 5.83. The van der Waals surface area contributed by atoms with Crippen LogP contribution in [0.4, 0.5) is 0 Å². The number of ether oxygens (including phenoxy) is 1. The van der Waals surface area contributed by atoms with Crippen molar-refractivity contribution in [3.05, 3.63) is 60.2 Å². The molecule has 0 amide bonds. The van der Waals surface area contributed by atoms with Crippen molar-refractivity contribution in [1.29, 1.82) is 0 Å². The molecule has 0 fully saturated rings. The van der Waals surface area contributed by atoms with Crippen LogP contribution < -0.4 is 0 Å². The smallest absolute Gasteiger partial charge is 0.312 e. The number of carbonyl (C=O) groups is 1. The molecule has 4 heteroatoms. The molecule has 1 aromatic heterocycles.